The highest BCUT2D eigenvalue weighted by Crippen LogP contribution is 2.40. The minimum Gasteiger partial charge on any atom is -0.507 e. The first-order valence-corrected chi connectivity index (χ1v) is 6.13. The molecule has 1 aliphatic rings. The van der Waals surface area contributed by atoms with Gasteiger partial charge in [0.1, 0.15) is 5.75 Å². The van der Waals surface area contributed by atoms with E-state index in [1.165, 1.54) is 19.3 Å². The molecule has 0 aromatic heterocycles. The van der Waals surface area contributed by atoms with Gasteiger partial charge in [0, 0.05) is 16.1 Å². The third-order valence-electron chi connectivity index (χ3n) is 3.31. The molecule has 1 aromatic rings. The molecule has 0 bridgehead atoms. The van der Waals surface area contributed by atoms with Crippen LogP contribution in [-0.2, 0) is 0 Å². The van der Waals surface area contributed by atoms with Crippen LogP contribution in [0.3, 0.4) is 0 Å². The molecule has 1 atom stereocenters. The third-order valence-corrected chi connectivity index (χ3v) is 3.77. The van der Waals surface area contributed by atoms with Gasteiger partial charge in [-0.2, -0.15) is 0 Å². The molecule has 1 aromatic carbocycles. The average molecular weight is 307 g/mol. The van der Waals surface area contributed by atoms with Crippen molar-refractivity contribution in [2.75, 3.05) is 0 Å². The molecule has 0 spiro atoms. The smallest absolute Gasteiger partial charge is 0.123 e. The number of phenolic OH excluding ortho intramolecular Hbond substituents is 1. The standard InChI is InChI=1S/C12H16BrNO.ClH/c1-7-5-9(13)6-10(12(7)15)11(14)8-3-2-4-8;/h5-6,8,11,15H,2-4,14H2,1H3;1H/t11-;/m1./s1. The van der Waals surface area contributed by atoms with Gasteiger partial charge in [0.25, 0.3) is 0 Å². The zero-order chi connectivity index (χ0) is 11.0. The van der Waals surface area contributed by atoms with Gasteiger partial charge < -0.3 is 10.8 Å². The van der Waals surface area contributed by atoms with Gasteiger partial charge in [-0.05, 0) is 43.4 Å². The molecule has 0 amide bonds. The summed E-state index contributed by atoms with van der Waals surface area (Å²) in [5, 5.41) is 9.96. The zero-order valence-electron chi connectivity index (χ0n) is 9.24. The molecule has 1 fully saturated rings. The number of aromatic hydroxyl groups is 1. The van der Waals surface area contributed by atoms with Gasteiger partial charge in [-0.25, -0.2) is 0 Å². The van der Waals surface area contributed by atoms with Crippen molar-refractivity contribution >= 4 is 28.3 Å². The summed E-state index contributed by atoms with van der Waals surface area (Å²) in [6.45, 7) is 1.90. The van der Waals surface area contributed by atoms with Crippen molar-refractivity contribution in [3.05, 3.63) is 27.7 Å². The number of hydrogen-bond acceptors (Lipinski definition) is 2. The Kier molecular flexibility index (Phi) is 4.65. The van der Waals surface area contributed by atoms with E-state index in [4.69, 9.17) is 5.73 Å². The van der Waals surface area contributed by atoms with Crippen molar-refractivity contribution in [2.24, 2.45) is 11.7 Å². The zero-order valence-corrected chi connectivity index (χ0v) is 11.6. The fraction of sp³-hybridized carbons (Fsp3) is 0.500. The number of halogens is 2. The molecule has 0 aliphatic heterocycles. The lowest BCUT2D eigenvalue weighted by Gasteiger charge is -2.32. The van der Waals surface area contributed by atoms with Gasteiger partial charge in [0.2, 0.25) is 0 Å². The van der Waals surface area contributed by atoms with Gasteiger partial charge in [0.15, 0.2) is 0 Å². The van der Waals surface area contributed by atoms with E-state index in [0.29, 0.717) is 11.7 Å². The third kappa shape index (κ3) is 2.53. The first-order chi connectivity index (χ1) is 7.09. The number of benzene rings is 1. The predicted octanol–water partition coefficient (Wildman–Crippen LogP) is 3.68. The van der Waals surface area contributed by atoms with Crippen molar-refractivity contribution < 1.29 is 5.11 Å². The summed E-state index contributed by atoms with van der Waals surface area (Å²) in [6.07, 6.45) is 3.64. The number of hydrogen-bond donors (Lipinski definition) is 2. The van der Waals surface area contributed by atoms with E-state index in [1.54, 1.807) is 0 Å². The van der Waals surface area contributed by atoms with Crippen molar-refractivity contribution in [3.63, 3.8) is 0 Å². The fourth-order valence-electron chi connectivity index (χ4n) is 2.07. The van der Waals surface area contributed by atoms with Gasteiger partial charge in [-0.15, -0.1) is 12.4 Å². The summed E-state index contributed by atoms with van der Waals surface area (Å²) in [6, 6.07) is 3.83. The molecule has 16 heavy (non-hydrogen) atoms. The number of nitrogens with two attached hydrogens (primary N) is 1. The normalized spacial score (nSPS) is 17.4. The Labute approximate surface area is 111 Å². The van der Waals surface area contributed by atoms with E-state index in [2.05, 4.69) is 15.9 Å². The number of aryl methyl sites for hydroxylation is 1. The van der Waals surface area contributed by atoms with Crippen LogP contribution in [0.4, 0.5) is 0 Å². The molecular formula is C12H17BrClNO. The van der Waals surface area contributed by atoms with Crippen LogP contribution < -0.4 is 5.73 Å². The fourth-order valence-corrected chi connectivity index (χ4v) is 2.66. The second-order valence-corrected chi connectivity index (χ2v) is 5.29. The van der Waals surface area contributed by atoms with E-state index < -0.39 is 0 Å². The first kappa shape index (κ1) is 13.8. The lowest BCUT2D eigenvalue weighted by Crippen LogP contribution is -2.27. The van der Waals surface area contributed by atoms with Crippen LogP contribution in [0.15, 0.2) is 16.6 Å². The maximum Gasteiger partial charge on any atom is 0.123 e. The average Bonchev–Trinajstić information content (AvgIpc) is 2.08. The summed E-state index contributed by atoms with van der Waals surface area (Å²) >= 11 is 3.44. The largest absolute Gasteiger partial charge is 0.507 e. The molecule has 1 saturated carbocycles. The quantitative estimate of drug-likeness (QED) is 0.875. The summed E-state index contributed by atoms with van der Waals surface area (Å²) in [7, 11) is 0. The molecule has 0 radical (unpaired) electrons. The van der Waals surface area contributed by atoms with Crippen molar-refractivity contribution in [1.29, 1.82) is 0 Å². The number of rotatable bonds is 2. The van der Waals surface area contributed by atoms with Crippen molar-refractivity contribution in [1.82, 2.24) is 0 Å². The van der Waals surface area contributed by atoms with E-state index in [0.717, 1.165) is 15.6 Å². The second kappa shape index (κ2) is 5.39. The summed E-state index contributed by atoms with van der Waals surface area (Å²) in [4.78, 5) is 0. The van der Waals surface area contributed by atoms with E-state index in [-0.39, 0.29) is 18.4 Å². The first-order valence-electron chi connectivity index (χ1n) is 5.34. The Morgan fingerprint density at radius 2 is 2.06 bits per heavy atom. The highest BCUT2D eigenvalue weighted by Gasteiger charge is 2.27. The Bertz CT molecular complexity index is 380. The molecular weight excluding hydrogens is 289 g/mol. The highest BCUT2D eigenvalue weighted by molar-refractivity contribution is 9.10. The van der Waals surface area contributed by atoms with Crippen LogP contribution in [0.5, 0.6) is 5.75 Å². The van der Waals surface area contributed by atoms with Gasteiger partial charge >= 0.3 is 0 Å². The molecule has 2 nitrogen and oxygen atoms in total. The maximum atomic E-state index is 9.96. The van der Waals surface area contributed by atoms with Crippen LogP contribution in [0.2, 0.25) is 0 Å². The van der Waals surface area contributed by atoms with Crippen molar-refractivity contribution in [3.8, 4) is 5.75 Å². The summed E-state index contributed by atoms with van der Waals surface area (Å²) in [5.41, 5.74) is 7.92. The van der Waals surface area contributed by atoms with Crippen LogP contribution >= 0.6 is 28.3 Å². The molecule has 0 unspecified atom stereocenters. The summed E-state index contributed by atoms with van der Waals surface area (Å²) in [5.74, 6) is 0.905. The van der Waals surface area contributed by atoms with E-state index in [9.17, 15) is 5.11 Å². The Morgan fingerprint density at radius 3 is 2.56 bits per heavy atom. The van der Waals surface area contributed by atoms with Crippen LogP contribution in [0.1, 0.15) is 36.4 Å². The van der Waals surface area contributed by atoms with Crippen LogP contribution in [0, 0.1) is 12.8 Å². The van der Waals surface area contributed by atoms with Crippen LogP contribution in [0.25, 0.3) is 0 Å². The molecule has 0 heterocycles. The number of phenols is 1. The topological polar surface area (TPSA) is 46.2 Å². The molecule has 4 heteroatoms. The highest BCUT2D eigenvalue weighted by atomic mass is 79.9. The van der Waals surface area contributed by atoms with Gasteiger partial charge in [-0.1, -0.05) is 22.4 Å². The minimum atomic E-state index is -0.0186. The van der Waals surface area contributed by atoms with E-state index >= 15 is 0 Å². The molecule has 90 valence electrons. The van der Waals surface area contributed by atoms with Gasteiger partial charge in [0.05, 0.1) is 0 Å². The van der Waals surface area contributed by atoms with Crippen molar-refractivity contribution in [2.45, 2.75) is 32.2 Å². The molecule has 0 saturated heterocycles. The van der Waals surface area contributed by atoms with E-state index in [1.807, 2.05) is 19.1 Å². The molecule has 1 aliphatic carbocycles. The lowest BCUT2D eigenvalue weighted by atomic mass is 9.77. The van der Waals surface area contributed by atoms with Gasteiger partial charge in [-0.3, -0.25) is 0 Å². The Morgan fingerprint density at radius 1 is 1.44 bits per heavy atom. The molecule has 3 N–H and O–H groups in total. The lowest BCUT2D eigenvalue weighted by molar-refractivity contribution is 0.260. The van der Waals surface area contributed by atoms with Crippen LogP contribution in [-0.4, -0.2) is 5.11 Å². The second-order valence-electron chi connectivity index (χ2n) is 4.38. The molecule has 2 rings (SSSR count). The Hall–Kier alpha value is -0.250. The monoisotopic (exact) mass is 305 g/mol. The maximum absolute atomic E-state index is 9.96. The Balaban J connectivity index is 0.00000128. The summed E-state index contributed by atoms with van der Waals surface area (Å²) < 4.78 is 0.988. The minimum absolute atomic E-state index is 0. The predicted molar refractivity (Wildman–Crippen MR) is 72.1 cm³/mol. The SMILES string of the molecule is Cc1cc(Br)cc([C@H](N)C2CCC2)c1O.Cl.